The minimum Gasteiger partial charge on any atom is -0.756 e. The van der Waals surface area contributed by atoms with E-state index in [1.165, 1.54) is 141 Å². The Morgan fingerprint density at radius 2 is 0.521 bits per heavy atom. The summed E-state index contributed by atoms with van der Waals surface area (Å²) in [6.45, 7) is 8.57. The van der Waals surface area contributed by atoms with E-state index in [0.29, 0.717) is 0 Å². The third kappa shape index (κ3) is 50.3. The molecule has 0 radical (unpaired) electrons. The molecule has 0 aromatic rings. The van der Waals surface area contributed by atoms with E-state index in [-0.39, 0.29) is 85.5 Å². The molecule has 0 aromatic carbocycles. The average molecular weight is 745 g/mol. The zero-order valence-electron chi connectivity index (χ0n) is 32.8. The van der Waals surface area contributed by atoms with Crippen molar-refractivity contribution < 1.29 is 96.1 Å². The van der Waals surface area contributed by atoms with Gasteiger partial charge in [0.25, 0.3) is 15.6 Å². The molecule has 0 aliphatic heterocycles. The summed E-state index contributed by atoms with van der Waals surface area (Å²) in [4.78, 5) is 22.3. The van der Waals surface area contributed by atoms with Gasteiger partial charge in [0.1, 0.15) is 0 Å². The molecule has 48 heavy (non-hydrogen) atoms. The molecule has 0 rings (SSSR count). The van der Waals surface area contributed by atoms with Gasteiger partial charge in [-0.2, -0.15) is 0 Å². The zero-order valence-corrected chi connectivity index (χ0v) is 38.6. The van der Waals surface area contributed by atoms with Gasteiger partial charge in [0.2, 0.25) is 0 Å². The minimum atomic E-state index is -4.03. The van der Waals surface area contributed by atoms with Gasteiger partial charge in [-0.3, -0.25) is 9.13 Å². The molecule has 2 atom stereocenters. The molecule has 2 unspecified atom stereocenters. The van der Waals surface area contributed by atoms with Crippen molar-refractivity contribution in [1.82, 2.24) is 0 Å². The van der Waals surface area contributed by atoms with Crippen LogP contribution in [0.2, 0.25) is 0 Å². The van der Waals surface area contributed by atoms with Crippen LogP contribution in [0.15, 0.2) is 0 Å². The van der Waals surface area contributed by atoms with Gasteiger partial charge in [-0.15, -0.1) is 0 Å². The predicted octanol–water partition coefficient (Wildman–Crippen LogP) is 5.99. The molecule has 0 saturated heterocycles. The Hall–Kier alpha value is 2.22. The normalized spacial score (nSPS) is 13.5. The summed E-state index contributed by atoms with van der Waals surface area (Å²) in [5, 5.41) is 0. The summed E-state index contributed by atoms with van der Waals surface area (Å²) in [5.74, 6) is 0. The first kappa shape index (κ1) is 57.0. The van der Waals surface area contributed by atoms with Crippen molar-refractivity contribution in [1.29, 1.82) is 0 Å². The Balaban J connectivity index is -0.000000387. The van der Waals surface area contributed by atoms with Gasteiger partial charge < -0.3 is 27.9 Å². The molecule has 0 N–H and O–H groups in total. The number of hydrogen-bond acceptors (Lipinski definition) is 8. The molecule has 0 aliphatic carbocycles. The van der Waals surface area contributed by atoms with Crippen LogP contribution in [0.3, 0.4) is 0 Å². The number of phosphoric acid groups is 2. The summed E-state index contributed by atoms with van der Waals surface area (Å²) < 4.78 is 40.9. The molecule has 0 fully saturated rings. The van der Waals surface area contributed by atoms with E-state index < -0.39 is 15.6 Å². The summed E-state index contributed by atoms with van der Waals surface area (Å²) in [7, 11) is -8.06. The fraction of sp³-hybridized carbons (Fsp3) is 1.00. The minimum absolute atomic E-state index is 0. The van der Waals surface area contributed by atoms with Gasteiger partial charge in [0.05, 0.1) is 26.4 Å². The first-order valence-electron chi connectivity index (χ1n) is 19.4. The fourth-order valence-electron chi connectivity index (χ4n) is 5.34. The van der Waals surface area contributed by atoms with Crippen molar-refractivity contribution in [3.05, 3.63) is 0 Å². The molecular formula is C36H76Na2O8P2. The maximum absolute atomic E-state index is 11.1. The molecule has 0 heterocycles. The second-order valence-corrected chi connectivity index (χ2v) is 15.4. The van der Waals surface area contributed by atoms with Crippen LogP contribution in [0.25, 0.3) is 0 Å². The second-order valence-electron chi connectivity index (χ2n) is 12.6. The third-order valence-corrected chi connectivity index (χ3v) is 10.2. The smallest absolute Gasteiger partial charge is 0.756 e. The monoisotopic (exact) mass is 744 g/mol. The van der Waals surface area contributed by atoms with Gasteiger partial charge in [-0.1, -0.05) is 181 Å². The molecule has 0 aromatic heterocycles. The first-order chi connectivity index (χ1) is 22.2. The van der Waals surface area contributed by atoms with Crippen LogP contribution in [-0.2, 0) is 27.2 Å². The Morgan fingerprint density at radius 1 is 0.333 bits per heavy atom. The van der Waals surface area contributed by atoms with E-state index in [2.05, 4.69) is 22.9 Å². The molecule has 8 nitrogen and oxygen atoms in total. The molecule has 0 amide bonds. The predicted molar refractivity (Wildman–Crippen MR) is 191 cm³/mol. The Morgan fingerprint density at radius 3 is 0.708 bits per heavy atom. The van der Waals surface area contributed by atoms with Crippen LogP contribution in [0.5, 0.6) is 0 Å². The Bertz CT molecular complexity index is 636. The summed E-state index contributed by atoms with van der Waals surface area (Å²) >= 11 is 0. The molecule has 0 saturated carbocycles. The Labute approximate surface area is 342 Å². The third-order valence-electron chi connectivity index (χ3n) is 8.07. The second kappa shape index (κ2) is 45.4. The van der Waals surface area contributed by atoms with Gasteiger partial charge in [0, 0.05) is 0 Å². The van der Waals surface area contributed by atoms with Crippen molar-refractivity contribution in [2.24, 2.45) is 0 Å². The molecule has 0 bridgehead atoms. The maximum atomic E-state index is 11.1. The molecule has 280 valence electrons. The summed E-state index contributed by atoms with van der Waals surface area (Å²) in [6.07, 6.45) is 35.9. The van der Waals surface area contributed by atoms with Crippen molar-refractivity contribution in [3.8, 4) is 0 Å². The number of phosphoric ester groups is 2. The van der Waals surface area contributed by atoms with E-state index in [1.54, 1.807) is 13.8 Å². The van der Waals surface area contributed by atoms with E-state index in [4.69, 9.17) is 9.05 Å². The SMILES string of the molecule is CCCCCCCCCCCCCCCCOP(=O)([O-])OCC.CCCCCCCCCCCCCCCCOP(=O)([O-])OCC.[Na+].[Na+]. The fourth-order valence-corrected chi connectivity index (χ4v) is 6.82. The van der Waals surface area contributed by atoms with Gasteiger partial charge in [-0.05, 0) is 26.7 Å². The summed E-state index contributed by atoms with van der Waals surface area (Å²) in [6, 6.07) is 0. The van der Waals surface area contributed by atoms with Crippen molar-refractivity contribution in [2.45, 2.75) is 207 Å². The standard InChI is InChI=1S/2C18H39O4P.2Na/c2*1-3-5-6-7-8-9-10-11-12-13-14-15-16-17-18-22-23(19,20)21-4-2;;/h2*3-18H2,1-2H3,(H,19,20);;/q;;2*+1/p-2. The van der Waals surface area contributed by atoms with E-state index in [0.717, 1.165) is 38.5 Å². The van der Waals surface area contributed by atoms with Crippen molar-refractivity contribution >= 4 is 15.6 Å². The average Bonchev–Trinajstić information content (AvgIpc) is 3.01. The van der Waals surface area contributed by atoms with E-state index in [1.807, 2.05) is 0 Å². The number of hydrogen-bond donors (Lipinski definition) is 0. The molecule has 0 spiro atoms. The number of unbranched alkanes of at least 4 members (excludes halogenated alkanes) is 26. The zero-order chi connectivity index (χ0) is 34.5. The molecule has 0 aliphatic rings. The van der Waals surface area contributed by atoms with Crippen LogP contribution >= 0.6 is 15.6 Å². The van der Waals surface area contributed by atoms with Crippen molar-refractivity contribution in [2.75, 3.05) is 26.4 Å². The Kier molecular flexibility index (Phi) is 53.8. The van der Waals surface area contributed by atoms with Gasteiger partial charge in [0.15, 0.2) is 0 Å². The van der Waals surface area contributed by atoms with E-state index in [9.17, 15) is 18.9 Å². The largest absolute Gasteiger partial charge is 1.00 e. The van der Waals surface area contributed by atoms with Crippen LogP contribution in [0, 0.1) is 0 Å². The topological polar surface area (TPSA) is 117 Å². The van der Waals surface area contributed by atoms with Gasteiger partial charge in [-0.25, -0.2) is 0 Å². The number of rotatable bonds is 36. The quantitative estimate of drug-likeness (QED) is 0.0437. The summed E-state index contributed by atoms with van der Waals surface area (Å²) in [5.41, 5.74) is 0. The molecular weight excluding hydrogens is 668 g/mol. The van der Waals surface area contributed by atoms with Crippen LogP contribution < -0.4 is 68.9 Å². The van der Waals surface area contributed by atoms with Crippen molar-refractivity contribution in [3.63, 3.8) is 0 Å². The van der Waals surface area contributed by atoms with E-state index >= 15 is 0 Å². The van der Waals surface area contributed by atoms with Crippen LogP contribution in [0.1, 0.15) is 207 Å². The van der Waals surface area contributed by atoms with Crippen LogP contribution in [0.4, 0.5) is 0 Å². The van der Waals surface area contributed by atoms with Crippen LogP contribution in [-0.4, -0.2) is 26.4 Å². The molecule has 12 heteroatoms. The van der Waals surface area contributed by atoms with Gasteiger partial charge >= 0.3 is 59.1 Å². The maximum Gasteiger partial charge on any atom is 1.00 e. The first-order valence-corrected chi connectivity index (χ1v) is 22.4.